The second-order valence-electron chi connectivity index (χ2n) is 5.62. The summed E-state index contributed by atoms with van der Waals surface area (Å²) in [7, 11) is -1.85. The van der Waals surface area contributed by atoms with Crippen LogP contribution in [0.5, 0.6) is 5.75 Å². The molecule has 134 valence electrons. The lowest BCUT2D eigenvalue weighted by Crippen LogP contribution is -2.40. The highest BCUT2D eigenvalue weighted by Crippen LogP contribution is 2.19. The monoisotopic (exact) mass is 364 g/mol. The highest BCUT2D eigenvalue weighted by Gasteiger charge is 2.27. The van der Waals surface area contributed by atoms with Crippen molar-refractivity contribution in [3.05, 3.63) is 48.2 Å². The van der Waals surface area contributed by atoms with Gasteiger partial charge in [-0.05, 0) is 12.1 Å². The van der Waals surface area contributed by atoms with E-state index in [4.69, 9.17) is 9.47 Å². The SMILES string of the molecule is COc1ccccc1CNc1ccc(S(=O)(=O)N2CCOCC2)c[nH+]1. The predicted octanol–water partition coefficient (Wildman–Crippen LogP) is 1.14. The molecule has 0 amide bonds. The van der Waals surface area contributed by atoms with E-state index in [9.17, 15) is 8.42 Å². The first-order chi connectivity index (χ1) is 12.1. The van der Waals surface area contributed by atoms with Gasteiger partial charge in [0, 0.05) is 24.7 Å². The van der Waals surface area contributed by atoms with Gasteiger partial charge in [0.25, 0.3) is 5.82 Å². The Hall–Kier alpha value is -2.16. The van der Waals surface area contributed by atoms with E-state index in [0.29, 0.717) is 32.8 Å². The van der Waals surface area contributed by atoms with Crippen LogP contribution in [0.2, 0.25) is 0 Å². The number of methoxy groups -OCH3 is 1. The van der Waals surface area contributed by atoms with Gasteiger partial charge in [-0.15, -0.1) is 0 Å². The first-order valence-corrected chi connectivity index (χ1v) is 9.50. The van der Waals surface area contributed by atoms with Crippen molar-refractivity contribution in [3.63, 3.8) is 0 Å². The second kappa shape index (κ2) is 7.81. The smallest absolute Gasteiger partial charge is 0.272 e. The largest absolute Gasteiger partial charge is 0.496 e. The lowest BCUT2D eigenvalue weighted by Gasteiger charge is -2.25. The number of aromatic nitrogens is 1. The van der Waals surface area contributed by atoms with Gasteiger partial charge in [-0.25, -0.2) is 13.4 Å². The molecular weight excluding hydrogens is 342 g/mol. The summed E-state index contributed by atoms with van der Waals surface area (Å²) in [4.78, 5) is 3.25. The van der Waals surface area contributed by atoms with Crippen LogP contribution < -0.4 is 15.0 Å². The summed E-state index contributed by atoms with van der Waals surface area (Å²) in [6.07, 6.45) is 1.51. The van der Waals surface area contributed by atoms with Crippen molar-refractivity contribution in [3.8, 4) is 5.75 Å². The molecule has 0 bridgehead atoms. The molecule has 8 heteroatoms. The third kappa shape index (κ3) is 4.09. The van der Waals surface area contributed by atoms with E-state index in [1.165, 1.54) is 10.5 Å². The number of sulfonamides is 1. The number of hydrogen-bond acceptors (Lipinski definition) is 5. The first-order valence-electron chi connectivity index (χ1n) is 8.06. The minimum Gasteiger partial charge on any atom is -0.496 e. The highest BCUT2D eigenvalue weighted by atomic mass is 32.2. The molecule has 1 aliphatic rings. The molecule has 0 unspecified atom stereocenters. The van der Waals surface area contributed by atoms with Crippen LogP contribution in [-0.2, 0) is 21.3 Å². The highest BCUT2D eigenvalue weighted by molar-refractivity contribution is 7.89. The molecule has 2 heterocycles. The molecule has 3 rings (SSSR count). The molecule has 1 fully saturated rings. The number of pyridine rings is 1. The van der Waals surface area contributed by atoms with Gasteiger partial charge in [0.1, 0.15) is 23.4 Å². The third-order valence-electron chi connectivity index (χ3n) is 4.05. The van der Waals surface area contributed by atoms with Crippen LogP contribution in [0, 0.1) is 0 Å². The molecule has 0 atom stereocenters. The van der Waals surface area contributed by atoms with Crippen LogP contribution in [0.3, 0.4) is 0 Å². The number of nitrogens with one attached hydrogen (secondary N) is 2. The molecule has 0 spiro atoms. The van der Waals surface area contributed by atoms with Crippen LogP contribution in [0.15, 0.2) is 47.5 Å². The Balaban J connectivity index is 1.68. The summed E-state index contributed by atoms with van der Waals surface area (Å²) in [5.41, 5.74) is 1.02. The van der Waals surface area contributed by atoms with Crippen LogP contribution >= 0.6 is 0 Å². The molecule has 0 aliphatic carbocycles. The molecule has 1 aliphatic heterocycles. The van der Waals surface area contributed by atoms with Crippen molar-refractivity contribution in [2.24, 2.45) is 0 Å². The first kappa shape index (κ1) is 17.7. The van der Waals surface area contributed by atoms with Crippen LogP contribution in [0.1, 0.15) is 5.56 Å². The van der Waals surface area contributed by atoms with Crippen LogP contribution in [0.4, 0.5) is 5.82 Å². The molecular formula is C17H22N3O4S+. The average Bonchev–Trinajstić information content (AvgIpc) is 2.67. The van der Waals surface area contributed by atoms with Crippen molar-refractivity contribution >= 4 is 15.8 Å². The van der Waals surface area contributed by atoms with Gasteiger partial charge in [-0.3, -0.25) is 5.32 Å². The summed E-state index contributed by atoms with van der Waals surface area (Å²) in [5.74, 6) is 1.54. The van der Waals surface area contributed by atoms with Gasteiger partial charge < -0.3 is 9.47 Å². The van der Waals surface area contributed by atoms with E-state index in [1.54, 1.807) is 19.2 Å². The maximum absolute atomic E-state index is 12.6. The minimum atomic E-state index is -3.48. The van der Waals surface area contributed by atoms with Crippen molar-refractivity contribution < 1.29 is 22.9 Å². The van der Waals surface area contributed by atoms with Crippen molar-refractivity contribution in [2.75, 3.05) is 38.7 Å². The minimum absolute atomic E-state index is 0.247. The fraction of sp³-hybridized carbons (Fsp3) is 0.353. The van der Waals surface area contributed by atoms with E-state index in [2.05, 4.69) is 10.3 Å². The Bertz CT molecular complexity index is 803. The third-order valence-corrected chi connectivity index (χ3v) is 5.95. The number of H-pyrrole nitrogens is 1. The van der Waals surface area contributed by atoms with Crippen LogP contribution in [-0.4, -0.2) is 46.1 Å². The molecule has 25 heavy (non-hydrogen) atoms. The number of rotatable bonds is 6. The van der Waals surface area contributed by atoms with Crippen molar-refractivity contribution in [1.29, 1.82) is 0 Å². The molecule has 1 aromatic carbocycles. The van der Waals surface area contributed by atoms with E-state index < -0.39 is 10.0 Å². The zero-order chi connectivity index (χ0) is 17.7. The number of para-hydroxylation sites is 1. The Morgan fingerprint density at radius 1 is 1.20 bits per heavy atom. The Morgan fingerprint density at radius 2 is 1.96 bits per heavy atom. The van der Waals surface area contributed by atoms with Gasteiger partial charge >= 0.3 is 0 Å². The molecule has 0 saturated carbocycles. The van der Waals surface area contributed by atoms with E-state index in [1.807, 2.05) is 24.3 Å². The Labute approximate surface area is 147 Å². The molecule has 2 aromatic rings. The zero-order valence-corrected chi connectivity index (χ0v) is 14.9. The van der Waals surface area contributed by atoms with E-state index >= 15 is 0 Å². The maximum Gasteiger partial charge on any atom is 0.272 e. The topological polar surface area (TPSA) is 82.0 Å². The zero-order valence-electron chi connectivity index (χ0n) is 14.1. The summed E-state index contributed by atoms with van der Waals surface area (Å²) in [6.45, 7) is 2.20. The van der Waals surface area contributed by atoms with Gasteiger partial charge in [-0.1, -0.05) is 18.2 Å². The van der Waals surface area contributed by atoms with E-state index in [0.717, 1.165) is 17.1 Å². The number of benzene rings is 1. The number of aromatic amines is 1. The predicted molar refractivity (Wildman–Crippen MR) is 92.9 cm³/mol. The maximum atomic E-state index is 12.6. The number of ether oxygens (including phenoxy) is 2. The number of nitrogens with zero attached hydrogens (tertiary/aromatic N) is 1. The second-order valence-corrected chi connectivity index (χ2v) is 7.56. The average molecular weight is 364 g/mol. The summed E-state index contributed by atoms with van der Waals surface area (Å²) >= 11 is 0. The fourth-order valence-corrected chi connectivity index (χ4v) is 4.03. The Kier molecular flexibility index (Phi) is 5.52. The van der Waals surface area contributed by atoms with Crippen molar-refractivity contribution in [2.45, 2.75) is 11.4 Å². The lowest BCUT2D eigenvalue weighted by molar-refractivity contribution is -0.364. The van der Waals surface area contributed by atoms with E-state index in [-0.39, 0.29) is 4.90 Å². The number of hydrogen-bond donors (Lipinski definition) is 1. The normalized spacial score (nSPS) is 15.7. The molecule has 1 saturated heterocycles. The summed E-state index contributed by atoms with van der Waals surface area (Å²) in [5, 5.41) is 3.23. The number of anilines is 1. The lowest BCUT2D eigenvalue weighted by atomic mass is 10.2. The van der Waals surface area contributed by atoms with Gasteiger partial charge in [0.2, 0.25) is 10.0 Å². The van der Waals surface area contributed by atoms with Crippen molar-refractivity contribution in [1.82, 2.24) is 4.31 Å². The number of morpholine rings is 1. The van der Waals surface area contributed by atoms with Gasteiger partial charge in [-0.2, -0.15) is 4.31 Å². The van der Waals surface area contributed by atoms with Crippen LogP contribution in [0.25, 0.3) is 0 Å². The van der Waals surface area contributed by atoms with Gasteiger partial charge in [0.05, 0.1) is 20.3 Å². The fourth-order valence-electron chi connectivity index (χ4n) is 2.66. The van der Waals surface area contributed by atoms with Gasteiger partial charge in [0.15, 0.2) is 0 Å². The molecule has 7 nitrogen and oxygen atoms in total. The molecule has 2 N–H and O–H groups in total. The Morgan fingerprint density at radius 3 is 2.64 bits per heavy atom. The summed E-state index contributed by atoms with van der Waals surface area (Å²) < 4.78 is 37.1. The molecule has 1 aromatic heterocycles. The summed E-state index contributed by atoms with van der Waals surface area (Å²) in [6, 6.07) is 11.1. The quantitative estimate of drug-likeness (QED) is 0.831. The standard InChI is InChI=1S/C17H21N3O4S/c1-23-16-5-3-2-4-14(16)12-18-17-7-6-15(13-19-17)25(21,22)20-8-10-24-11-9-20/h2-7,13H,8-12H2,1H3,(H,18,19)/p+1. The molecule has 0 radical (unpaired) electrons.